The number of benzene rings is 1. The summed E-state index contributed by atoms with van der Waals surface area (Å²) in [6, 6.07) is 10.3. The van der Waals surface area contributed by atoms with Crippen LogP contribution < -0.4 is 5.32 Å². The molecule has 2 amide bonds. The topological polar surface area (TPSA) is 52.6 Å². The lowest BCUT2D eigenvalue weighted by Crippen LogP contribution is -2.45. The second kappa shape index (κ2) is 8.03. The Hall–Kier alpha value is -1.55. The maximum atomic E-state index is 12.5. The van der Waals surface area contributed by atoms with E-state index in [9.17, 15) is 4.79 Å². The molecule has 0 bridgehead atoms. The molecule has 1 fully saturated rings. The van der Waals surface area contributed by atoms with E-state index in [1.807, 2.05) is 30.3 Å². The van der Waals surface area contributed by atoms with Gasteiger partial charge in [0.25, 0.3) is 0 Å². The second-order valence-electron chi connectivity index (χ2n) is 5.95. The van der Waals surface area contributed by atoms with Crippen molar-refractivity contribution < 1.29 is 9.90 Å². The normalized spacial score (nSPS) is 21.2. The fraction of sp³-hybridized carbons (Fsp3) is 0.588. The Balaban J connectivity index is 1.95. The van der Waals surface area contributed by atoms with Gasteiger partial charge in [-0.25, -0.2) is 4.79 Å². The SMILES string of the molecule is C[C@H]1CCC[C@@H]1NC(=O)N(CCCO)Cc1ccccc1. The van der Waals surface area contributed by atoms with Gasteiger partial charge in [0.15, 0.2) is 0 Å². The molecular weight excluding hydrogens is 264 g/mol. The van der Waals surface area contributed by atoms with E-state index in [4.69, 9.17) is 5.11 Å². The van der Waals surface area contributed by atoms with Crippen LogP contribution in [0.3, 0.4) is 0 Å². The number of carbonyl (C=O) groups is 1. The average Bonchev–Trinajstić information content (AvgIpc) is 2.89. The molecule has 1 aliphatic carbocycles. The van der Waals surface area contributed by atoms with Gasteiger partial charge in [0.1, 0.15) is 0 Å². The third-order valence-electron chi connectivity index (χ3n) is 4.26. The van der Waals surface area contributed by atoms with E-state index < -0.39 is 0 Å². The van der Waals surface area contributed by atoms with Crippen LogP contribution in [0, 0.1) is 5.92 Å². The van der Waals surface area contributed by atoms with E-state index in [1.165, 1.54) is 12.8 Å². The van der Waals surface area contributed by atoms with E-state index in [0.29, 0.717) is 31.5 Å². The Morgan fingerprint density at radius 1 is 1.33 bits per heavy atom. The van der Waals surface area contributed by atoms with Crippen molar-refractivity contribution in [2.24, 2.45) is 5.92 Å². The Bertz CT molecular complexity index is 436. The summed E-state index contributed by atoms with van der Waals surface area (Å²) in [6.07, 6.45) is 4.08. The van der Waals surface area contributed by atoms with Gasteiger partial charge in [-0.15, -0.1) is 0 Å². The quantitative estimate of drug-likeness (QED) is 0.846. The summed E-state index contributed by atoms with van der Waals surface area (Å²) >= 11 is 0. The monoisotopic (exact) mass is 290 g/mol. The fourth-order valence-electron chi connectivity index (χ4n) is 2.93. The first kappa shape index (κ1) is 15.8. The summed E-state index contributed by atoms with van der Waals surface area (Å²) < 4.78 is 0. The molecule has 2 atom stereocenters. The van der Waals surface area contributed by atoms with Gasteiger partial charge in [-0.05, 0) is 30.7 Å². The summed E-state index contributed by atoms with van der Waals surface area (Å²) in [5.74, 6) is 0.561. The third-order valence-corrected chi connectivity index (χ3v) is 4.26. The van der Waals surface area contributed by atoms with Crippen LogP contribution in [0.25, 0.3) is 0 Å². The molecule has 21 heavy (non-hydrogen) atoms. The zero-order valence-electron chi connectivity index (χ0n) is 12.8. The molecule has 1 aliphatic rings. The van der Waals surface area contributed by atoms with Crippen molar-refractivity contribution in [3.05, 3.63) is 35.9 Å². The van der Waals surface area contributed by atoms with Gasteiger partial charge in [0.05, 0.1) is 0 Å². The van der Waals surface area contributed by atoms with Crippen LogP contribution in [0.2, 0.25) is 0 Å². The van der Waals surface area contributed by atoms with Gasteiger partial charge in [-0.2, -0.15) is 0 Å². The number of aliphatic hydroxyl groups is 1. The Labute approximate surface area is 127 Å². The molecular formula is C17H26N2O2. The minimum atomic E-state index is -0.00828. The molecule has 1 aromatic carbocycles. The molecule has 4 nitrogen and oxygen atoms in total. The molecule has 4 heteroatoms. The number of urea groups is 1. The lowest BCUT2D eigenvalue weighted by Gasteiger charge is -2.26. The average molecular weight is 290 g/mol. The number of hydrogen-bond acceptors (Lipinski definition) is 2. The van der Waals surface area contributed by atoms with Crippen LogP contribution >= 0.6 is 0 Å². The highest BCUT2D eigenvalue weighted by Gasteiger charge is 2.26. The molecule has 0 heterocycles. The molecule has 2 rings (SSSR count). The van der Waals surface area contributed by atoms with Gasteiger partial charge in [-0.1, -0.05) is 43.7 Å². The fourth-order valence-corrected chi connectivity index (χ4v) is 2.93. The van der Waals surface area contributed by atoms with Crippen LogP contribution in [0.1, 0.15) is 38.2 Å². The van der Waals surface area contributed by atoms with E-state index in [-0.39, 0.29) is 12.6 Å². The summed E-state index contributed by atoms with van der Waals surface area (Å²) in [7, 11) is 0. The Morgan fingerprint density at radius 3 is 2.71 bits per heavy atom. The molecule has 0 aliphatic heterocycles. The van der Waals surface area contributed by atoms with Crippen molar-refractivity contribution in [2.75, 3.05) is 13.2 Å². The Morgan fingerprint density at radius 2 is 2.10 bits per heavy atom. The number of nitrogens with zero attached hydrogens (tertiary/aromatic N) is 1. The highest BCUT2D eigenvalue weighted by molar-refractivity contribution is 5.74. The molecule has 0 spiro atoms. The number of aliphatic hydroxyl groups excluding tert-OH is 1. The maximum absolute atomic E-state index is 12.5. The maximum Gasteiger partial charge on any atom is 0.317 e. The molecule has 0 saturated heterocycles. The summed E-state index contributed by atoms with van der Waals surface area (Å²) in [5.41, 5.74) is 1.12. The summed E-state index contributed by atoms with van der Waals surface area (Å²) in [5, 5.41) is 12.2. The van der Waals surface area contributed by atoms with Crippen molar-refractivity contribution in [1.82, 2.24) is 10.2 Å². The van der Waals surface area contributed by atoms with Gasteiger partial charge in [-0.3, -0.25) is 0 Å². The largest absolute Gasteiger partial charge is 0.396 e. The molecule has 0 unspecified atom stereocenters. The van der Waals surface area contributed by atoms with Crippen LogP contribution in [-0.2, 0) is 6.54 Å². The predicted octanol–water partition coefficient (Wildman–Crippen LogP) is 2.77. The van der Waals surface area contributed by atoms with Gasteiger partial charge in [0.2, 0.25) is 0 Å². The van der Waals surface area contributed by atoms with Crippen molar-refractivity contribution in [3.8, 4) is 0 Å². The molecule has 2 N–H and O–H groups in total. The smallest absolute Gasteiger partial charge is 0.317 e. The Kier molecular flexibility index (Phi) is 6.05. The minimum absolute atomic E-state index is 0.00828. The van der Waals surface area contributed by atoms with Gasteiger partial charge >= 0.3 is 6.03 Å². The molecule has 0 radical (unpaired) electrons. The van der Waals surface area contributed by atoms with E-state index in [1.54, 1.807) is 4.90 Å². The van der Waals surface area contributed by atoms with Gasteiger partial charge in [0, 0.05) is 25.7 Å². The lowest BCUT2D eigenvalue weighted by atomic mass is 10.1. The standard InChI is InChI=1S/C17H26N2O2/c1-14-7-5-10-16(14)18-17(21)19(11-6-12-20)13-15-8-3-2-4-9-15/h2-4,8-9,14,16,20H,5-7,10-13H2,1H3,(H,18,21)/t14-,16-/m0/s1. The summed E-state index contributed by atoms with van der Waals surface area (Å²) in [4.78, 5) is 14.3. The minimum Gasteiger partial charge on any atom is -0.396 e. The van der Waals surface area contributed by atoms with Crippen molar-refractivity contribution in [1.29, 1.82) is 0 Å². The number of rotatable bonds is 6. The molecule has 1 saturated carbocycles. The zero-order chi connectivity index (χ0) is 15.1. The first-order valence-electron chi connectivity index (χ1n) is 7.91. The van der Waals surface area contributed by atoms with Crippen molar-refractivity contribution >= 4 is 6.03 Å². The van der Waals surface area contributed by atoms with E-state index in [0.717, 1.165) is 12.0 Å². The predicted molar refractivity (Wildman–Crippen MR) is 83.9 cm³/mol. The first-order valence-corrected chi connectivity index (χ1v) is 7.91. The zero-order valence-corrected chi connectivity index (χ0v) is 12.8. The second-order valence-corrected chi connectivity index (χ2v) is 5.95. The molecule has 116 valence electrons. The summed E-state index contributed by atoms with van der Waals surface area (Å²) in [6.45, 7) is 3.48. The van der Waals surface area contributed by atoms with Crippen LogP contribution in [-0.4, -0.2) is 35.2 Å². The highest BCUT2D eigenvalue weighted by Crippen LogP contribution is 2.25. The van der Waals surface area contributed by atoms with E-state index >= 15 is 0 Å². The van der Waals surface area contributed by atoms with Crippen LogP contribution in [0.5, 0.6) is 0 Å². The number of amides is 2. The van der Waals surface area contributed by atoms with Crippen LogP contribution in [0.15, 0.2) is 30.3 Å². The third kappa shape index (κ3) is 4.74. The molecule has 0 aromatic heterocycles. The molecule has 1 aromatic rings. The van der Waals surface area contributed by atoms with Gasteiger partial charge < -0.3 is 15.3 Å². The lowest BCUT2D eigenvalue weighted by molar-refractivity contribution is 0.180. The number of carbonyl (C=O) groups excluding carboxylic acids is 1. The number of hydrogen-bond donors (Lipinski definition) is 2. The van der Waals surface area contributed by atoms with Crippen molar-refractivity contribution in [2.45, 2.75) is 45.2 Å². The van der Waals surface area contributed by atoms with E-state index in [2.05, 4.69) is 12.2 Å². The highest BCUT2D eigenvalue weighted by atomic mass is 16.3. The number of nitrogens with one attached hydrogen (secondary N) is 1. The van der Waals surface area contributed by atoms with Crippen molar-refractivity contribution in [3.63, 3.8) is 0 Å². The van der Waals surface area contributed by atoms with Crippen LogP contribution in [0.4, 0.5) is 4.79 Å². The first-order chi connectivity index (χ1) is 10.2.